The number of ketones is 1. The van der Waals surface area contributed by atoms with E-state index in [1.165, 1.54) is 6.92 Å². The van der Waals surface area contributed by atoms with E-state index in [0.29, 0.717) is 5.56 Å². The van der Waals surface area contributed by atoms with Gasteiger partial charge in [-0.15, -0.1) is 0 Å². The van der Waals surface area contributed by atoms with Gasteiger partial charge >= 0.3 is 0 Å². The highest BCUT2D eigenvalue weighted by Crippen LogP contribution is 2.24. The molecular formula is C21H20O4S. The fraction of sp³-hybridized carbons (Fsp3) is 0.190. The first-order valence-electron chi connectivity index (χ1n) is 8.25. The second-order valence-electron chi connectivity index (χ2n) is 6.29. The molecule has 0 aliphatic heterocycles. The van der Waals surface area contributed by atoms with Gasteiger partial charge in [-0.3, -0.25) is 4.79 Å². The fourth-order valence-corrected chi connectivity index (χ4v) is 4.15. The number of fused-ring (bicyclic) bond motifs is 1. The van der Waals surface area contributed by atoms with Gasteiger partial charge in [-0.2, -0.15) is 0 Å². The maximum absolute atomic E-state index is 12.8. The van der Waals surface area contributed by atoms with Gasteiger partial charge in [0.05, 0.1) is 12.0 Å². The van der Waals surface area contributed by atoms with Crippen molar-refractivity contribution in [3.05, 3.63) is 71.8 Å². The van der Waals surface area contributed by atoms with E-state index in [4.69, 9.17) is 4.74 Å². The molecule has 0 bridgehead atoms. The van der Waals surface area contributed by atoms with Gasteiger partial charge < -0.3 is 4.74 Å². The van der Waals surface area contributed by atoms with Crippen LogP contribution < -0.4 is 4.74 Å². The predicted molar refractivity (Wildman–Crippen MR) is 103 cm³/mol. The highest BCUT2D eigenvalue weighted by atomic mass is 32.2. The molecule has 0 amide bonds. The quantitative estimate of drug-likeness (QED) is 0.633. The molecule has 0 aliphatic carbocycles. The van der Waals surface area contributed by atoms with Gasteiger partial charge in [-0.1, -0.05) is 35.9 Å². The van der Waals surface area contributed by atoms with Crippen LogP contribution in [0, 0.1) is 6.92 Å². The number of carbonyl (C=O) groups is 1. The maximum atomic E-state index is 12.8. The van der Waals surface area contributed by atoms with Crippen molar-refractivity contribution in [2.24, 2.45) is 0 Å². The van der Waals surface area contributed by atoms with Gasteiger partial charge in [0.25, 0.3) is 0 Å². The Bertz CT molecular complexity index is 1070. The van der Waals surface area contributed by atoms with Crippen LogP contribution in [-0.2, 0) is 9.84 Å². The van der Waals surface area contributed by atoms with Crippen molar-refractivity contribution < 1.29 is 17.9 Å². The van der Waals surface area contributed by atoms with Crippen molar-refractivity contribution in [2.45, 2.75) is 24.0 Å². The largest absolute Gasteiger partial charge is 0.497 e. The maximum Gasteiger partial charge on any atom is 0.188 e. The summed E-state index contributed by atoms with van der Waals surface area (Å²) in [6.45, 7) is 3.32. The first-order valence-corrected chi connectivity index (χ1v) is 9.80. The molecule has 0 radical (unpaired) electrons. The van der Waals surface area contributed by atoms with Crippen LogP contribution in [0.4, 0.5) is 0 Å². The normalized spacial score (nSPS) is 12.7. The number of carbonyl (C=O) groups excluding carboxylic acids is 1. The molecule has 0 saturated carbocycles. The SMILES string of the molecule is COc1ccc2cc(C(=O)C(C)S(=O)(=O)c3ccc(C)cc3)ccc2c1. The van der Waals surface area contributed by atoms with E-state index in [2.05, 4.69) is 0 Å². The van der Waals surface area contributed by atoms with E-state index in [1.54, 1.807) is 49.6 Å². The second-order valence-corrected chi connectivity index (χ2v) is 8.56. The zero-order valence-corrected chi connectivity index (χ0v) is 15.7. The molecule has 0 aromatic heterocycles. The van der Waals surface area contributed by atoms with E-state index >= 15 is 0 Å². The van der Waals surface area contributed by atoms with Crippen molar-refractivity contribution in [1.82, 2.24) is 0 Å². The third kappa shape index (κ3) is 3.35. The van der Waals surface area contributed by atoms with Crippen molar-refractivity contribution in [3.8, 4) is 5.75 Å². The molecule has 134 valence electrons. The minimum atomic E-state index is -3.74. The summed E-state index contributed by atoms with van der Waals surface area (Å²) in [5, 5.41) is 0.632. The molecule has 4 nitrogen and oxygen atoms in total. The summed E-state index contributed by atoms with van der Waals surface area (Å²) in [5.74, 6) is 0.315. The first-order chi connectivity index (χ1) is 12.3. The summed E-state index contributed by atoms with van der Waals surface area (Å²) in [6.07, 6.45) is 0. The Balaban J connectivity index is 1.95. The molecule has 0 N–H and O–H groups in total. The van der Waals surface area contributed by atoms with Crippen molar-refractivity contribution in [2.75, 3.05) is 7.11 Å². The predicted octanol–water partition coefficient (Wildman–Crippen LogP) is 4.20. The number of hydrogen-bond acceptors (Lipinski definition) is 4. The number of sulfone groups is 1. The molecule has 3 rings (SSSR count). The van der Waals surface area contributed by atoms with Crippen molar-refractivity contribution >= 4 is 26.4 Å². The highest BCUT2D eigenvalue weighted by Gasteiger charge is 2.30. The summed E-state index contributed by atoms with van der Waals surface area (Å²) in [7, 11) is -2.14. The lowest BCUT2D eigenvalue weighted by molar-refractivity contribution is 0.0991. The molecule has 1 atom stereocenters. The van der Waals surface area contributed by atoms with Crippen LogP contribution in [0.5, 0.6) is 5.75 Å². The smallest absolute Gasteiger partial charge is 0.188 e. The van der Waals surface area contributed by atoms with E-state index < -0.39 is 20.9 Å². The number of ether oxygens (including phenoxy) is 1. The lowest BCUT2D eigenvalue weighted by atomic mass is 10.0. The number of rotatable bonds is 5. The number of aryl methyl sites for hydroxylation is 1. The average molecular weight is 368 g/mol. The molecule has 0 spiro atoms. The van der Waals surface area contributed by atoms with Gasteiger partial charge in [0.15, 0.2) is 15.6 Å². The van der Waals surface area contributed by atoms with E-state index in [9.17, 15) is 13.2 Å². The molecule has 0 fully saturated rings. The van der Waals surface area contributed by atoms with Crippen LogP contribution in [0.1, 0.15) is 22.8 Å². The fourth-order valence-electron chi connectivity index (χ4n) is 2.81. The summed E-state index contributed by atoms with van der Waals surface area (Å²) in [6, 6.07) is 17.3. The summed E-state index contributed by atoms with van der Waals surface area (Å²) < 4.78 is 30.7. The van der Waals surface area contributed by atoms with Crippen molar-refractivity contribution in [1.29, 1.82) is 0 Å². The Kier molecular flexibility index (Phi) is 4.83. The van der Waals surface area contributed by atoms with Crippen LogP contribution in [-0.4, -0.2) is 26.6 Å². The van der Waals surface area contributed by atoms with Crippen LogP contribution in [0.15, 0.2) is 65.6 Å². The molecule has 26 heavy (non-hydrogen) atoms. The Hall–Kier alpha value is -2.66. The average Bonchev–Trinajstić information content (AvgIpc) is 2.66. The van der Waals surface area contributed by atoms with E-state index in [-0.39, 0.29) is 4.90 Å². The monoisotopic (exact) mass is 368 g/mol. The topological polar surface area (TPSA) is 60.4 Å². The highest BCUT2D eigenvalue weighted by molar-refractivity contribution is 7.92. The van der Waals surface area contributed by atoms with Crippen LogP contribution in [0.2, 0.25) is 0 Å². The zero-order valence-electron chi connectivity index (χ0n) is 14.9. The summed E-state index contributed by atoms with van der Waals surface area (Å²) in [5.41, 5.74) is 1.35. The first kappa shape index (κ1) is 18.1. The number of Topliss-reactive ketones (excluding diaryl/α,β-unsaturated/α-hetero) is 1. The number of benzene rings is 3. The third-order valence-electron chi connectivity index (χ3n) is 4.52. The van der Waals surface area contributed by atoms with Crippen LogP contribution in [0.3, 0.4) is 0 Å². The van der Waals surface area contributed by atoms with Gasteiger partial charge in [0.1, 0.15) is 11.0 Å². The molecule has 5 heteroatoms. The lowest BCUT2D eigenvalue weighted by Crippen LogP contribution is -2.27. The van der Waals surface area contributed by atoms with Gasteiger partial charge in [0, 0.05) is 5.56 Å². The Morgan fingerprint density at radius 3 is 2.19 bits per heavy atom. The minimum absolute atomic E-state index is 0.162. The summed E-state index contributed by atoms with van der Waals surface area (Å²) in [4.78, 5) is 13.0. The molecule has 3 aromatic rings. The van der Waals surface area contributed by atoms with Gasteiger partial charge in [-0.05, 0) is 55.0 Å². The standard InChI is InChI=1S/C21H20O4S/c1-14-4-10-20(11-5-14)26(23,24)15(2)21(22)18-7-6-17-13-19(25-3)9-8-16(17)12-18/h4-13,15H,1-3H3. The third-order valence-corrected chi connectivity index (χ3v) is 6.59. The van der Waals surface area contributed by atoms with E-state index in [0.717, 1.165) is 22.1 Å². The minimum Gasteiger partial charge on any atom is -0.497 e. The van der Waals surface area contributed by atoms with E-state index in [1.807, 2.05) is 25.1 Å². The molecular weight excluding hydrogens is 348 g/mol. The molecule has 0 heterocycles. The Labute approximate surface area is 153 Å². The lowest BCUT2D eigenvalue weighted by Gasteiger charge is -2.13. The Morgan fingerprint density at radius 2 is 1.54 bits per heavy atom. The van der Waals surface area contributed by atoms with Crippen LogP contribution in [0.25, 0.3) is 10.8 Å². The van der Waals surface area contributed by atoms with Crippen LogP contribution >= 0.6 is 0 Å². The van der Waals surface area contributed by atoms with Gasteiger partial charge in [-0.25, -0.2) is 8.42 Å². The molecule has 1 unspecified atom stereocenters. The molecule has 3 aromatic carbocycles. The second kappa shape index (κ2) is 6.92. The Morgan fingerprint density at radius 1 is 0.923 bits per heavy atom. The molecule has 0 saturated heterocycles. The number of hydrogen-bond donors (Lipinski definition) is 0. The van der Waals surface area contributed by atoms with Crippen molar-refractivity contribution in [3.63, 3.8) is 0 Å². The summed E-state index contributed by atoms with van der Waals surface area (Å²) >= 11 is 0. The molecule has 0 aliphatic rings. The van der Waals surface area contributed by atoms with Gasteiger partial charge in [0.2, 0.25) is 0 Å². The zero-order chi connectivity index (χ0) is 18.9. The number of methoxy groups -OCH3 is 1.